The molecule has 0 radical (unpaired) electrons. The summed E-state index contributed by atoms with van der Waals surface area (Å²) in [5.41, 5.74) is 0.304. The van der Waals surface area contributed by atoms with Crippen molar-refractivity contribution in [3.63, 3.8) is 0 Å². The summed E-state index contributed by atoms with van der Waals surface area (Å²) in [5.74, 6) is 0.0562. The number of hydrogen-bond acceptors (Lipinski definition) is 5. The van der Waals surface area contributed by atoms with Gasteiger partial charge in [0.05, 0.1) is 18.2 Å². The zero-order valence-electron chi connectivity index (χ0n) is 15.6. The van der Waals surface area contributed by atoms with Crippen molar-refractivity contribution < 1.29 is 22.7 Å². The summed E-state index contributed by atoms with van der Waals surface area (Å²) in [6.45, 7) is 2.74. The van der Waals surface area contributed by atoms with Crippen LogP contribution in [0, 0.1) is 0 Å². The largest absolute Gasteiger partial charge is 0.481 e. The molecular formula is C19H20Cl2N2O5S. The SMILES string of the molecule is CC(Oc1ccc(Cl)cc1)C(=O)Nc1ccc(Cl)c(S(=O)(=O)N2CCOCC2)c1. The maximum Gasteiger partial charge on any atom is 0.265 e. The molecule has 0 saturated carbocycles. The molecule has 1 saturated heterocycles. The first-order valence-corrected chi connectivity index (χ1v) is 11.1. The fourth-order valence-electron chi connectivity index (χ4n) is 2.72. The Morgan fingerprint density at radius 3 is 2.45 bits per heavy atom. The Hall–Kier alpha value is -1.84. The smallest absolute Gasteiger partial charge is 0.265 e. The highest BCUT2D eigenvalue weighted by Crippen LogP contribution is 2.28. The molecule has 1 unspecified atom stereocenters. The van der Waals surface area contributed by atoms with E-state index in [1.807, 2.05) is 0 Å². The minimum absolute atomic E-state index is 0.0647. The number of amides is 1. The maximum atomic E-state index is 12.9. The lowest BCUT2D eigenvalue weighted by atomic mass is 10.3. The van der Waals surface area contributed by atoms with Crippen LogP contribution in [0.3, 0.4) is 0 Å². The zero-order valence-corrected chi connectivity index (χ0v) is 17.9. The van der Waals surface area contributed by atoms with Gasteiger partial charge in [-0.05, 0) is 49.4 Å². The summed E-state index contributed by atoms with van der Waals surface area (Å²) in [5, 5.41) is 3.30. The van der Waals surface area contributed by atoms with E-state index in [0.717, 1.165) is 0 Å². The van der Waals surface area contributed by atoms with E-state index in [0.29, 0.717) is 29.7 Å². The number of halogens is 2. The van der Waals surface area contributed by atoms with Crippen LogP contribution < -0.4 is 10.1 Å². The Balaban J connectivity index is 1.73. The van der Waals surface area contributed by atoms with Crippen molar-refractivity contribution in [1.29, 1.82) is 0 Å². The number of rotatable bonds is 6. The van der Waals surface area contributed by atoms with Gasteiger partial charge in [-0.25, -0.2) is 8.42 Å². The van der Waals surface area contributed by atoms with Crippen molar-refractivity contribution in [3.8, 4) is 5.75 Å². The van der Waals surface area contributed by atoms with Gasteiger partial charge in [-0.15, -0.1) is 0 Å². The fourth-order valence-corrected chi connectivity index (χ4v) is 4.75. The summed E-state index contributed by atoms with van der Waals surface area (Å²) in [4.78, 5) is 12.4. The molecule has 3 rings (SSSR count). The number of benzene rings is 2. The van der Waals surface area contributed by atoms with Gasteiger partial charge in [-0.2, -0.15) is 4.31 Å². The number of nitrogens with zero attached hydrogens (tertiary/aromatic N) is 1. The number of nitrogens with one attached hydrogen (secondary N) is 1. The van der Waals surface area contributed by atoms with Gasteiger partial charge >= 0.3 is 0 Å². The summed E-state index contributed by atoms with van der Waals surface area (Å²) in [6, 6.07) is 10.9. The molecule has 10 heteroatoms. The molecule has 1 N–H and O–H groups in total. The fraction of sp³-hybridized carbons (Fsp3) is 0.316. The van der Waals surface area contributed by atoms with Gasteiger partial charge in [0, 0.05) is 23.8 Å². The third kappa shape index (κ3) is 5.40. The number of morpholine rings is 1. The van der Waals surface area contributed by atoms with Crippen LogP contribution >= 0.6 is 23.2 Å². The van der Waals surface area contributed by atoms with Crippen LogP contribution in [0.25, 0.3) is 0 Å². The molecule has 0 aliphatic carbocycles. The predicted octanol–water partition coefficient (Wildman–Crippen LogP) is 3.42. The van der Waals surface area contributed by atoms with E-state index in [2.05, 4.69) is 5.32 Å². The van der Waals surface area contributed by atoms with Crippen LogP contribution in [0.4, 0.5) is 5.69 Å². The summed E-state index contributed by atoms with van der Waals surface area (Å²) < 4.78 is 37.9. The summed E-state index contributed by atoms with van der Waals surface area (Å²) in [6.07, 6.45) is -0.814. The van der Waals surface area contributed by atoms with Crippen molar-refractivity contribution in [1.82, 2.24) is 4.31 Å². The quantitative estimate of drug-likeness (QED) is 0.716. The molecule has 1 heterocycles. The van der Waals surface area contributed by atoms with Crippen LogP contribution in [0.15, 0.2) is 47.4 Å². The van der Waals surface area contributed by atoms with Crippen LogP contribution in [0.1, 0.15) is 6.92 Å². The highest BCUT2D eigenvalue weighted by Gasteiger charge is 2.29. The maximum absolute atomic E-state index is 12.9. The van der Waals surface area contributed by atoms with Gasteiger partial charge in [0.1, 0.15) is 10.6 Å². The number of anilines is 1. The van der Waals surface area contributed by atoms with Crippen molar-refractivity contribution in [3.05, 3.63) is 52.5 Å². The van der Waals surface area contributed by atoms with Crippen molar-refractivity contribution in [2.75, 3.05) is 31.6 Å². The Bertz CT molecular complexity index is 977. The molecule has 2 aromatic rings. The monoisotopic (exact) mass is 458 g/mol. The predicted molar refractivity (Wildman–Crippen MR) is 111 cm³/mol. The van der Waals surface area contributed by atoms with Gasteiger partial charge in [-0.3, -0.25) is 4.79 Å². The van der Waals surface area contributed by atoms with E-state index >= 15 is 0 Å². The number of hydrogen-bond donors (Lipinski definition) is 1. The highest BCUT2D eigenvalue weighted by atomic mass is 35.5. The van der Waals surface area contributed by atoms with Crippen molar-refractivity contribution in [2.45, 2.75) is 17.9 Å². The van der Waals surface area contributed by atoms with E-state index in [1.54, 1.807) is 31.2 Å². The second-order valence-electron chi connectivity index (χ2n) is 6.36. The van der Waals surface area contributed by atoms with Crippen LogP contribution in [-0.4, -0.2) is 51.0 Å². The average molecular weight is 459 g/mol. The Kier molecular flexibility index (Phi) is 7.02. The molecule has 0 bridgehead atoms. The molecule has 1 atom stereocenters. The Morgan fingerprint density at radius 1 is 1.14 bits per heavy atom. The first kappa shape index (κ1) is 21.9. The number of carbonyl (C=O) groups is 1. The average Bonchev–Trinajstić information content (AvgIpc) is 2.71. The molecular weight excluding hydrogens is 439 g/mol. The molecule has 0 spiro atoms. The lowest BCUT2D eigenvalue weighted by molar-refractivity contribution is -0.122. The first-order valence-electron chi connectivity index (χ1n) is 8.88. The third-order valence-electron chi connectivity index (χ3n) is 4.28. The van der Waals surface area contributed by atoms with E-state index in [9.17, 15) is 13.2 Å². The van der Waals surface area contributed by atoms with Crippen LogP contribution in [0.2, 0.25) is 10.0 Å². The Labute approximate surface area is 179 Å². The number of sulfonamides is 1. The summed E-state index contributed by atoms with van der Waals surface area (Å²) in [7, 11) is -3.80. The van der Waals surface area contributed by atoms with E-state index < -0.39 is 22.0 Å². The van der Waals surface area contributed by atoms with E-state index in [-0.39, 0.29) is 23.0 Å². The molecule has 2 aromatic carbocycles. The topological polar surface area (TPSA) is 84.9 Å². The third-order valence-corrected chi connectivity index (χ3v) is 6.91. The normalized spacial score (nSPS) is 16.2. The summed E-state index contributed by atoms with van der Waals surface area (Å²) >= 11 is 12.0. The molecule has 156 valence electrons. The van der Waals surface area contributed by atoms with Gasteiger partial charge in [-0.1, -0.05) is 23.2 Å². The standard InChI is InChI=1S/C19H20Cl2N2O5S/c1-13(28-16-5-2-14(20)3-6-16)19(24)22-15-4-7-17(21)18(12-15)29(25,26)23-8-10-27-11-9-23/h2-7,12-13H,8-11H2,1H3,(H,22,24). The molecule has 7 nitrogen and oxygen atoms in total. The van der Waals surface area contributed by atoms with Gasteiger partial charge < -0.3 is 14.8 Å². The van der Waals surface area contributed by atoms with Gasteiger partial charge in [0.15, 0.2) is 6.10 Å². The minimum Gasteiger partial charge on any atom is -0.481 e. The first-order chi connectivity index (χ1) is 13.8. The van der Waals surface area contributed by atoms with Crippen LogP contribution in [0.5, 0.6) is 5.75 Å². The highest BCUT2D eigenvalue weighted by molar-refractivity contribution is 7.89. The molecule has 29 heavy (non-hydrogen) atoms. The van der Waals surface area contributed by atoms with Crippen molar-refractivity contribution in [2.24, 2.45) is 0 Å². The number of ether oxygens (including phenoxy) is 2. The zero-order chi connectivity index (χ0) is 21.0. The molecule has 1 aliphatic rings. The van der Waals surface area contributed by atoms with Crippen molar-refractivity contribution >= 4 is 44.8 Å². The molecule has 1 amide bonds. The number of carbonyl (C=O) groups excluding carboxylic acids is 1. The van der Waals surface area contributed by atoms with Gasteiger partial charge in [0.2, 0.25) is 10.0 Å². The second-order valence-corrected chi connectivity index (χ2v) is 9.11. The van der Waals surface area contributed by atoms with E-state index in [4.69, 9.17) is 32.7 Å². The van der Waals surface area contributed by atoms with Gasteiger partial charge in [0.25, 0.3) is 5.91 Å². The molecule has 0 aromatic heterocycles. The molecule has 1 fully saturated rings. The van der Waals surface area contributed by atoms with E-state index in [1.165, 1.54) is 22.5 Å². The lowest BCUT2D eigenvalue weighted by Gasteiger charge is -2.26. The lowest BCUT2D eigenvalue weighted by Crippen LogP contribution is -2.40. The van der Waals surface area contributed by atoms with Crippen LogP contribution in [-0.2, 0) is 19.6 Å². The minimum atomic E-state index is -3.80. The Morgan fingerprint density at radius 2 is 1.79 bits per heavy atom. The molecule has 1 aliphatic heterocycles. The second kappa shape index (κ2) is 9.32.